The highest BCUT2D eigenvalue weighted by Gasteiger charge is 2.16. The fourth-order valence-corrected chi connectivity index (χ4v) is 2.66. The van der Waals surface area contributed by atoms with E-state index in [0.29, 0.717) is 0 Å². The molecule has 1 aliphatic rings. The first-order valence-corrected chi connectivity index (χ1v) is 7.16. The molecule has 104 valence electrons. The van der Waals surface area contributed by atoms with Gasteiger partial charge < -0.3 is 10.1 Å². The van der Waals surface area contributed by atoms with Gasteiger partial charge in [0.05, 0.1) is 12.3 Å². The van der Waals surface area contributed by atoms with Crippen molar-refractivity contribution < 1.29 is 4.74 Å². The summed E-state index contributed by atoms with van der Waals surface area (Å²) in [7, 11) is 0. The monoisotopic (exact) mass is 268 g/mol. The molecule has 1 aromatic carbocycles. The summed E-state index contributed by atoms with van der Waals surface area (Å²) in [5.41, 5.74) is 3.70. The maximum Gasteiger partial charge on any atom is 0.122 e. The average molecular weight is 268 g/mol. The van der Waals surface area contributed by atoms with Gasteiger partial charge in [0.15, 0.2) is 0 Å². The van der Waals surface area contributed by atoms with Crippen LogP contribution >= 0.6 is 0 Å². The standard InChI is InChI=1S/C17H20N2O/c1-12(19-13(2)16-5-3-4-9-18-16)14-6-7-17-15(11-14)8-10-20-17/h3-7,9,11-13,19H,8,10H2,1-2H3/t12?,13-/m0/s1. The van der Waals surface area contributed by atoms with E-state index in [0.717, 1.165) is 24.5 Å². The predicted octanol–water partition coefficient (Wildman–Crippen LogP) is 3.43. The maximum atomic E-state index is 5.55. The highest BCUT2D eigenvalue weighted by Crippen LogP contribution is 2.28. The Labute approximate surface area is 120 Å². The van der Waals surface area contributed by atoms with Gasteiger partial charge in [-0.25, -0.2) is 0 Å². The van der Waals surface area contributed by atoms with Crippen LogP contribution in [0.2, 0.25) is 0 Å². The van der Waals surface area contributed by atoms with Gasteiger partial charge in [-0.2, -0.15) is 0 Å². The van der Waals surface area contributed by atoms with Gasteiger partial charge in [-0.15, -0.1) is 0 Å². The third-order valence-corrected chi connectivity index (χ3v) is 3.84. The fraction of sp³-hybridized carbons (Fsp3) is 0.353. The van der Waals surface area contributed by atoms with Crippen LogP contribution in [0.3, 0.4) is 0 Å². The van der Waals surface area contributed by atoms with Gasteiger partial charge in [-0.05, 0) is 43.2 Å². The normalized spacial score (nSPS) is 16.3. The number of pyridine rings is 1. The zero-order valence-corrected chi connectivity index (χ0v) is 12.0. The van der Waals surface area contributed by atoms with E-state index in [-0.39, 0.29) is 12.1 Å². The van der Waals surface area contributed by atoms with E-state index in [1.807, 2.05) is 18.3 Å². The van der Waals surface area contributed by atoms with Gasteiger partial charge in [-0.3, -0.25) is 4.98 Å². The summed E-state index contributed by atoms with van der Waals surface area (Å²) in [6.07, 6.45) is 2.86. The summed E-state index contributed by atoms with van der Waals surface area (Å²) >= 11 is 0. The lowest BCUT2D eigenvalue weighted by atomic mass is 10.0. The van der Waals surface area contributed by atoms with Crippen molar-refractivity contribution in [3.05, 3.63) is 59.4 Å². The molecule has 3 rings (SSSR count). The number of hydrogen-bond donors (Lipinski definition) is 1. The number of rotatable bonds is 4. The summed E-state index contributed by atoms with van der Waals surface area (Å²) in [4.78, 5) is 4.40. The van der Waals surface area contributed by atoms with E-state index >= 15 is 0 Å². The van der Waals surface area contributed by atoms with Crippen LogP contribution in [0.5, 0.6) is 5.75 Å². The van der Waals surface area contributed by atoms with E-state index < -0.39 is 0 Å². The lowest BCUT2D eigenvalue weighted by molar-refractivity contribution is 0.356. The number of nitrogens with one attached hydrogen (secondary N) is 1. The molecule has 1 aliphatic heterocycles. The molecule has 20 heavy (non-hydrogen) atoms. The van der Waals surface area contributed by atoms with Crippen LogP contribution < -0.4 is 10.1 Å². The molecule has 0 spiro atoms. The van der Waals surface area contributed by atoms with E-state index in [1.54, 1.807) is 0 Å². The SMILES string of the molecule is CC(N[C@@H](C)c1ccccn1)c1ccc2c(c1)CCO2. The summed E-state index contributed by atoms with van der Waals surface area (Å²) < 4.78 is 5.55. The van der Waals surface area contributed by atoms with Gasteiger partial charge in [0.2, 0.25) is 0 Å². The lowest BCUT2D eigenvalue weighted by Crippen LogP contribution is -2.23. The summed E-state index contributed by atoms with van der Waals surface area (Å²) in [5, 5.41) is 3.60. The number of fused-ring (bicyclic) bond motifs is 1. The molecule has 2 atom stereocenters. The Morgan fingerprint density at radius 3 is 2.85 bits per heavy atom. The molecule has 2 aromatic rings. The van der Waals surface area contributed by atoms with Crippen LogP contribution in [0.25, 0.3) is 0 Å². The molecular formula is C17H20N2O. The van der Waals surface area contributed by atoms with Crippen molar-refractivity contribution in [2.75, 3.05) is 6.61 Å². The van der Waals surface area contributed by atoms with Gasteiger partial charge in [0.25, 0.3) is 0 Å². The van der Waals surface area contributed by atoms with E-state index in [9.17, 15) is 0 Å². The fourth-order valence-electron chi connectivity index (χ4n) is 2.66. The van der Waals surface area contributed by atoms with Gasteiger partial charge in [-0.1, -0.05) is 18.2 Å². The van der Waals surface area contributed by atoms with Crippen LogP contribution in [0, 0.1) is 0 Å². The average Bonchev–Trinajstić information content (AvgIpc) is 2.95. The van der Waals surface area contributed by atoms with Crippen LogP contribution in [-0.2, 0) is 6.42 Å². The quantitative estimate of drug-likeness (QED) is 0.922. The molecule has 3 heteroatoms. The second kappa shape index (κ2) is 5.63. The summed E-state index contributed by atoms with van der Waals surface area (Å²) in [6, 6.07) is 13.0. The van der Waals surface area contributed by atoms with Crippen molar-refractivity contribution in [2.45, 2.75) is 32.4 Å². The maximum absolute atomic E-state index is 5.55. The Kier molecular flexibility index (Phi) is 3.70. The van der Waals surface area contributed by atoms with Crippen LogP contribution in [0.4, 0.5) is 0 Å². The first-order chi connectivity index (χ1) is 9.74. The molecule has 0 saturated heterocycles. The van der Waals surface area contributed by atoms with Crippen molar-refractivity contribution >= 4 is 0 Å². The molecule has 0 aliphatic carbocycles. The number of hydrogen-bond acceptors (Lipinski definition) is 3. The zero-order chi connectivity index (χ0) is 13.9. The van der Waals surface area contributed by atoms with Gasteiger partial charge in [0.1, 0.15) is 5.75 Å². The second-order valence-electron chi connectivity index (χ2n) is 5.33. The molecule has 0 amide bonds. The molecule has 1 aromatic heterocycles. The van der Waals surface area contributed by atoms with Gasteiger partial charge in [0, 0.05) is 24.7 Å². The predicted molar refractivity (Wildman–Crippen MR) is 79.8 cm³/mol. The number of aromatic nitrogens is 1. The number of ether oxygens (including phenoxy) is 1. The van der Waals surface area contributed by atoms with Crippen molar-refractivity contribution in [3.63, 3.8) is 0 Å². The lowest BCUT2D eigenvalue weighted by Gasteiger charge is -2.20. The first-order valence-electron chi connectivity index (χ1n) is 7.16. The largest absolute Gasteiger partial charge is 0.493 e. The Hall–Kier alpha value is -1.87. The molecule has 1 unspecified atom stereocenters. The molecule has 1 N–H and O–H groups in total. The summed E-state index contributed by atoms with van der Waals surface area (Å²) in [6.45, 7) is 5.15. The van der Waals surface area contributed by atoms with Crippen LogP contribution in [-0.4, -0.2) is 11.6 Å². The molecule has 0 saturated carbocycles. The highest BCUT2D eigenvalue weighted by atomic mass is 16.5. The summed E-state index contributed by atoms with van der Waals surface area (Å²) in [5.74, 6) is 1.04. The minimum absolute atomic E-state index is 0.232. The van der Waals surface area contributed by atoms with E-state index in [4.69, 9.17) is 4.74 Å². The second-order valence-corrected chi connectivity index (χ2v) is 5.33. The molecule has 0 fully saturated rings. The number of benzene rings is 1. The third-order valence-electron chi connectivity index (χ3n) is 3.84. The molecular weight excluding hydrogens is 248 g/mol. The Morgan fingerprint density at radius 1 is 1.15 bits per heavy atom. The van der Waals surface area contributed by atoms with Crippen LogP contribution in [0.1, 0.15) is 42.8 Å². The Morgan fingerprint density at radius 2 is 2.05 bits per heavy atom. The Balaban J connectivity index is 1.71. The van der Waals surface area contributed by atoms with Gasteiger partial charge >= 0.3 is 0 Å². The topological polar surface area (TPSA) is 34.2 Å². The molecule has 0 radical (unpaired) electrons. The smallest absolute Gasteiger partial charge is 0.122 e. The van der Waals surface area contributed by atoms with E-state index in [2.05, 4.69) is 48.4 Å². The minimum Gasteiger partial charge on any atom is -0.493 e. The van der Waals surface area contributed by atoms with Crippen molar-refractivity contribution in [3.8, 4) is 5.75 Å². The number of nitrogens with zero attached hydrogens (tertiary/aromatic N) is 1. The zero-order valence-electron chi connectivity index (χ0n) is 12.0. The highest BCUT2D eigenvalue weighted by molar-refractivity contribution is 5.40. The van der Waals surface area contributed by atoms with Crippen molar-refractivity contribution in [2.24, 2.45) is 0 Å². The first kappa shape index (κ1) is 13.1. The van der Waals surface area contributed by atoms with Crippen molar-refractivity contribution in [1.29, 1.82) is 0 Å². The molecule has 0 bridgehead atoms. The Bertz CT molecular complexity index is 583. The molecule has 3 nitrogen and oxygen atoms in total. The van der Waals surface area contributed by atoms with E-state index in [1.165, 1.54) is 11.1 Å². The third kappa shape index (κ3) is 2.68. The van der Waals surface area contributed by atoms with Crippen LogP contribution in [0.15, 0.2) is 42.6 Å². The molecule has 2 heterocycles. The van der Waals surface area contributed by atoms with Crippen molar-refractivity contribution in [1.82, 2.24) is 10.3 Å². The minimum atomic E-state index is 0.232.